The van der Waals surface area contributed by atoms with Crippen molar-refractivity contribution in [2.45, 2.75) is 86.4 Å². The fraction of sp³-hybridized carbons (Fsp3) is 0.400. The Labute approximate surface area is 411 Å². The van der Waals surface area contributed by atoms with Crippen LogP contribution in [0.15, 0.2) is 70.8 Å². The lowest BCUT2D eigenvalue weighted by molar-refractivity contribution is -0.144. The number of fused-ring (bicyclic) bond motifs is 1. The number of carbonyl (C=O) groups excluding carboxylic acids is 1. The number of nitrogens with zero attached hydrogens (tertiary/aromatic N) is 10. The number of carbonyl (C=O) groups is 1. The Morgan fingerprint density at radius 2 is 1.32 bits per heavy atom. The lowest BCUT2D eigenvalue weighted by Gasteiger charge is -2.45. The van der Waals surface area contributed by atoms with Gasteiger partial charge in [-0.2, -0.15) is 33.3 Å². The SMILES string of the molecule is Cc1cc(Nc2cc(N3CC(F)(C4CC4)C3)nc(Nc3ccc4nc(C(F)(F)F)[nH]c4c3)n2)n[nH]1.Cc1cc(Nc2cc(N3CC(F)(C4CC4)C3)nc(Sc3ccc(NC(=O)CC(C)(F)F)nc3)n2)n[nH]1.[HH].[HH].[HH].[HH].[HH]. The lowest BCUT2D eigenvalue weighted by atomic mass is 9.91. The number of aromatic nitrogens is 11. The summed E-state index contributed by atoms with van der Waals surface area (Å²) in [4.78, 5) is 44.3. The molecule has 0 radical (unpaired) electrons. The van der Waals surface area contributed by atoms with Gasteiger partial charge in [0, 0.05) is 59.6 Å². The number of pyridine rings is 1. The van der Waals surface area contributed by atoms with Crippen LogP contribution in [0.25, 0.3) is 11.0 Å². The molecule has 2 saturated carbocycles. The number of hydrogen-bond donors (Lipinski definition) is 7. The summed E-state index contributed by atoms with van der Waals surface area (Å²) in [5, 5.41) is 26.1. The van der Waals surface area contributed by atoms with E-state index in [-0.39, 0.29) is 54.9 Å². The maximum Gasteiger partial charge on any atom is 0.449 e. The number of halogens is 7. The summed E-state index contributed by atoms with van der Waals surface area (Å²) < 4.78 is 94.9. The predicted octanol–water partition coefficient (Wildman–Crippen LogP) is 10.8. The van der Waals surface area contributed by atoms with E-state index in [1.54, 1.807) is 24.3 Å². The maximum absolute atomic E-state index is 14.9. The van der Waals surface area contributed by atoms with E-state index in [2.05, 4.69) is 76.5 Å². The molecule has 0 spiro atoms. The molecule has 1 aromatic carbocycles. The highest BCUT2D eigenvalue weighted by atomic mass is 32.2. The summed E-state index contributed by atoms with van der Waals surface area (Å²) in [5.74, 6) is -1.12. The van der Waals surface area contributed by atoms with Crippen molar-refractivity contribution in [1.82, 2.24) is 55.3 Å². The van der Waals surface area contributed by atoms with E-state index in [4.69, 9.17) is 0 Å². The molecule has 8 heterocycles. The summed E-state index contributed by atoms with van der Waals surface area (Å²) in [5.41, 5.74) is 0.281. The fourth-order valence-electron chi connectivity index (χ4n) is 8.29. The number of imidazole rings is 1. The second-order valence-electron chi connectivity index (χ2n) is 18.5. The molecule has 0 atom stereocenters. The molecule has 7 aromatic rings. The molecule has 71 heavy (non-hydrogen) atoms. The van der Waals surface area contributed by atoms with Crippen LogP contribution in [0.2, 0.25) is 0 Å². The van der Waals surface area contributed by atoms with Gasteiger partial charge in [0.1, 0.15) is 40.4 Å². The molecule has 2 saturated heterocycles. The van der Waals surface area contributed by atoms with Crippen LogP contribution >= 0.6 is 11.8 Å². The molecule has 382 valence electrons. The highest BCUT2D eigenvalue weighted by Gasteiger charge is 2.55. The van der Waals surface area contributed by atoms with Crippen LogP contribution in [0.4, 0.5) is 83.1 Å². The molecule has 4 fully saturated rings. The van der Waals surface area contributed by atoms with Crippen LogP contribution in [0.1, 0.15) is 63.4 Å². The standard InChI is InChI=1S/C23H25F3N8OS.C22H21F4N9.5H2/c1-13-7-18(33-32-13)28-17-8-19(34-11-23(26,12-34)14-3-4-14)31-21(30-17)36-15-5-6-16(27-10-15)29-20(35)9-22(2,24)25;1-11-6-17(34-33-11)30-16-8-18(35-9-21(23,10-35)12-2-3-12)32-20(31-16)27-13-4-5-14-15(7-13)29-19(28-14)22(24,25)26;;;;;/h5-8,10,14H,3-4,9,11-12H2,1-2H3,(H,27,29,35)(H2,28,30,31,32,33);4-8,12H,2-3,9-10H2,1H3,(H,28,29)(H3,27,30,31,32,33,34);5*1H. The van der Waals surface area contributed by atoms with E-state index in [0.29, 0.717) is 70.7 Å². The van der Waals surface area contributed by atoms with Crippen molar-refractivity contribution in [3.05, 3.63) is 78.0 Å². The molecule has 1 amide bonds. The van der Waals surface area contributed by atoms with Gasteiger partial charge in [-0.1, -0.05) is 0 Å². The normalized spacial score (nSPS) is 17.2. The Balaban J connectivity index is 0.000000263. The summed E-state index contributed by atoms with van der Waals surface area (Å²) >= 11 is 1.23. The van der Waals surface area contributed by atoms with Crippen molar-refractivity contribution >= 4 is 81.1 Å². The van der Waals surface area contributed by atoms with Crippen LogP contribution < -0.4 is 31.1 Å². The molecule has 0 bridgehead atoms. The van der Waals surface area contributed by atoms with E-state index >= 15 is 0 Å². The number of aryl methyl sites for hydroxylation is 2. The number of anilines is 9. The number of rotatable bonds is 15. The van der Waals surface area contributed by atoms with E-state index in [1.165, 1.54) is 36.2 Å². The summed E-state index contributed by atoms with van der Waals surface area (Å²) in [6.45, 7) is 5.55. The van der Waals surface area contributed by atoms with Gasteiger partial charge in [0.15, 0.2) is 16.8 Å². The van der Waals surface area contributed by atoms with E-state index in [1.807, 2.05) is 35.8 Å². The van der Waals surface area contributed by atoms with Gasteiger partial charge in [-0.3, -0.25) is 15.0 Å². The van der Waals surface area contributed by atoms with Crippen molar-refractivity contribution in [3.8, 4) is 0 Å². The predicted molar refractivity (Wildman–Crippen MR) is 262 cm³/mol. The first-order valence-electron chi connectivity index (χ1n) is 22.6. The molecule has 11 rings (SSSR count). The van der Waals surface area contributed by atoms with Gasteiger partial charge in [-0.25, -0.2) is 37.5 Å². The van der Waals surface area contributed by atoms with Crippen molar-refractivity contribution < 1.29 is 42.7 Å². The molecule has 2 aliphatic carbocycles. The minimum absolute atomic E-state index is 0. The van der Waals surface area contributed by atoms with Crippen LogP contribution in [0, 0.1) is 25.7 Å². The monoisotopic (exact) mass is 1020 g/mol. The first-order valence-corrected chi connectivity index (χ1v) is 23.4. The number of alkyl halides is 7. The van der Waals surface area contributed by atoms with Gasteiger partial charge in [-0.15, -0.1) is 0 Å². The van der Waals surface area contributed by atoms with Gasteiger partial charge in [0.25, 0.3) is 5.92 Å². The number of aromatic amines is 3. The van der Waals surface area contributed by atoms with Gasteiger partial charge < -0.3 is 36.1 Å². The first-order chi connectivity index (χ1) is 33.7. The Morgan fingerprint density at radius 3 is 1.85 bits per heavy atom. The van der Waals surface area contributed by atoms with Crippen molar-refractivity contribution in [1.29, 1.82) is 0 Å². The average molecular weight is 1020 g/mol. The van der Waals surface area contributed by atoms with Crippen molar-refractivity contribution in [2.24, 2.45) is 11.8 Å². The minimum Gasteiger partial charge on any atom is -0.350 e. The molecule has 2 aliphatic heterocycles. The van der Waals surface area contributed by atoms with E-state index in [9.17, 15) is 35.5 Å². The molecule has 18 nitrogen and oxygen atoms in total. The average Bonchev–Trinajstić information content (AvgIpc) is 4.19. The largest absolute Gasteiger partial charge is 0.449 e. The van der Waals surface area contributed by atoms with E-state index in [0.717, 1.165) is 37.1 Å². The first kappa shape index (κ1) is 47.4. The van der Waals surface area contributed by atoms with E-state index < -0.39 is 41.6 Å². The molecule has 26 heteroatoms. The number of H-pyrrole nitrogens is 3. The third kappa shape index (κ3) is 11.4. The number of benzene rings is 1. The van der Waals surface area contributed by atoms with Crippen molar-refractivity contribution in [2.75, 3.05) is 57.2 Å². The van der Waals surface area contributed by atoms with Crippen LogP contribution in [0.3, 0.4) is 0 Å². The third-order valence-electron chi connectivity index (χ3n) is 12.1. The van der Waals surface area contributed by atoms with Crippen LogP contribution in [-0.4, -0.2) is 105 Å². The minimum atomic E-state index is -4.57. The van der Waals surface area contributed by atoms with Gasteiger partial charge in [0.05, 0.1) is 43.6 Å². The second kappa shape index (κ2) is 18.2. The topological polar surface area (TPSA) is 222 Å². The van der Waals surface area contributed by atoms with Crippen molar-refractivity contribution in [3.63, 3.8) is 0 Å². The molecule has 7 N–H and O–H groups in total. The number of amides is 1. The Kier molecular flexibility index (Phi) is 12.1. The van der Waals surface area contributed by atoms with Crippen LogP contribution in [0.5, 0.6) is 0 Å². The molecule has 4 aliphatic rings. The molecular formula is C45H56F7N17OS. The Hall–Kier alpha value is -7.25. The quantitative estimate of drug-likeness (QED) is 0.0375. The molecule has 6 aromatic heterocycles. The van der Waals surface area contributed by atoms with Gasteiger partial charge in [0.2, 0.25) is 17.7 Å². The molecule has 0 unspecified atom stereocenters. The van der Waals surface area contributed by atoms with Crippen LogP contribution in [-0.2, 0) is 11.0 Å². The lowest BCUT2D eigenvalue weighted by Crippen LogP contribution is -2.60. The van der Waals surface area contributed by atoms with Gasteiger partial charge in [-0.05, 0) is 100 Å². The van der Waals surface area contributed by atoms with Gasteiger partial charge >= 0.3 is 6.18 Å². The highest BCUT2D eigenvalue weighted by Crippen LogP contribution is 2.49. The zero-order chi connectivity index (χ0) is 49.9. The summed E-state index contributed by atoms with van der Waals surface area (Å²) in [6.07, 6.45) is -0.298. The fourth-order valence-corrected chi connectivity index (χ4v) is 9.02. The second-order valence-corrected chi connectivity index (χ2v) is 19.5. The summed E-state index contributed by atoms with van der Waals surface area (Å²) in [7, 11) is 0. The Bertz CT molecular complexity index is 3090. The maximum atomic E-state index is 14.9. The third-order valence-corrected chi connectivity index (χ3v) is 12.9. The summed E-state index contributed by atoms with van der Waals surface area (Å²) in [6, 6.07) is 14.9. The number of hydrogen-bond acceptors (Lipinski definition) is 15. The zero-order valence-corrected chi connectivity index (χ0v) is 39.0. The highest BCUT2D eigenvalue weighted by molar-refractivity contribution is 7.99. The Morgan fingerprint density at radius 1 is 0.732 bits per heavy atom. The molecular weight excluding hydrogens is 960 g/mol. The number of nitrogens with one attached hydrogen (secondary N) is 7. The zero-order valence-electron chi connectivity index (χ0n) is 38.2. The smallest absolute Gasteiger partial charge is 0.350 e.